The maximum Gasteiger partial charge on any atom is 0.315 e. The lowest BCUT2D eigenvalue weighted by atomic mass is 9.48. The standard InChI is InChI=1S/C17H29NO2S/c1-3-20-16(19)11-21-10-15(18-2)17-7-12-4-13(8-17)6-14(5-12)9-17/h12-15,18H,3-11H2,1-2H3. The van der Waals surface area contributed by atoms with E-state index >= 15 is 0 Å². The van der Waals surface area contributed by atoms with Crippen molar-refractivity contribution in [1.82, 2.24) is 5.32 Å². The minimum atomic E-state index is -0.0668. The molecular formula is C17H29NO2S. The lowest BCUT2D eigenvalue weighted by Gasteiger charge is -2.59. The molecule has 0 aromatic rings. The highest BCUT2D eigenvalue weighted by Crippen LogP contribution is 2.61. The van der Waals surface area contributed by atoms with Crippen molar-refractivity contribution < 1.29 is 9.53 Å². The number of carbonyl (C=O) groups is 1. The van der Waals surface area contributed by atoms with Gasteiger partial charge in [0.1, 0.15) is 0 Å². The number of ether oxygens (including phenoxy) is 1. The van der Waals surface area contributed by atoms with Gasteiger partial charge in [0.15, 0.2) is 0 Å². The average Bonchev–Trinajstić information content (AvgIpc) is 2.42. The Morgan fingerprint density at radius 3 is 2.29 bits per heavy atom. The van der Waals surface area contributed by atoms with Gasteiger partial charge in [-0.15, -0.1) is 11.8 Å². The van der Waals surface area contributed by atoms with Gasteiger partial charge in [0, 0.05) is 11.8 Å². The molecule has 0 aliphatic heterocycles. The highest BCUT2D eigenvalue weighted by Gasteiger charge is 2.53. The van der Waals surface area contributed by atoms with E-state index in [1.165, 1.54) is 38.5 Å². The first-order valence-electron chi connectivity index (χ1n) is 8.56. The molecule has 21 heavy (non-hydrogen) atoms. The van der Waals surface area contributed by atoms with Crippen LogP contribution in [-0.4, -0.2) is 37.2 Å². The molecule has 4 aliphatic rings. The van der Waals surface area contributed by atoms with Crippen LogP contribution in [0.15, 0.2) is 0 Å². The molecule has 0 amide bonds. The lowest BCUT2D eigenvalue weighted by molar-refractivity contribution is -0.139. The summed E-state index contributed by atoms with van der Waals surface area (Å²) in [5.41, 5.74) is 0.519. The summed E-state index contributed by atoms with van der Waals surface area (Å²) in [6, 6.07) is 0.560. The summed E-state index contributed by atoms with van der Waals surface area (Å²) in [5.74, 6) is 4.44. The average molecular weight is 311 g/mol. The van der Waals surface area contributed by atoms with E-state index in [1.54, 1.807) is 11.8 Å². The van der Waals surface area contributed by atoms with E-state index < -0.39 is 0 Å². The molecule has 0 saturated heterocycles. The predicted molar refractivity (Wildman–Crippen MR) is 87.4 cm³/mol. The summed E-state index contributed by atoms with van der Waals surface area (Å²) in [7, 11) is 2.11. The number of carbonyl (C=O) groups excluding carboxylic acids is 1. The summed E-state index contributed by atoms with van der Waals surface area (Å²) in [4.78, 5) is 11.5. The van der Waals surface area contributed by atoms with E-state index in [2.05, 4.69) is 12.4 Å². The van der Waals surface area contributed by atoms with E-state index in [1.807, 2.05) is 6.92 Å². The number of rotatable bonds is 7. The maximum absolute atomic E-state index is 11.5. The SMILES string of the molecule is CCOC(=O)CSCC(NC)C12CC3CC(CC(C3)C1)C2. The van der Waals surface area contributed by atoms with Crippen LogP contribution in [0.3, 0.4) is 0 Å². The normalized spacial score (nSPS) is 38.5. The van der Waals surface area contributed by atoms with Gasteiger partial charge in [-0.3, -0.25) is 4.79 Å². The Morgan fingerprint density at radius 2 is 1.81 bits per heavy atom. The minimum Gasteiger partial charge on any atom is -0.465 e. The number of nitrogens with one attached hydrogen (secondary N) is 1. The van der Waals surface area contributed by atoms with Crippen LogP contribution >= 0.6 is 11.8 Å². The number of thioether (sulfide) groups is 1. The van der Waals surface area contributed by atoms with Crippen LogP contribution in [0.5, 0.6) is 0 Å². The van der Waals surface area contributed by atoms with Gasteiger partial charge < -0.3 is 10.1 Å². The molecule has 4 rings (SSSR count). The highest BCUT2D eigenvalue weighted by atomic mass is 32.2. The molecule has 4 bridgehead atoms. The molecule has 0 aromatic carbocycles. The van der Waals surface area contributed by atoms with E-state index in [0.717, 1.165) is 23.5 Å². The van der Waals surface area contributed by atoms with Crippen molar-refractivity contribution in [3.63, 3.8) is 0 Å². The van der Waals surface area contributed by atoms with Crippen LogP contribution in [0.25, 0.3) is 0 Å². The maximum atomic E-state index is 11.5. The third-order valence-corrected chi connectivity index (χ3v) is 6.99. The summed E-state index contributed by atoms with van der Waals surface area (Å²) in [6.45, 7) is 2.36. The van der Waals surface area contributed by atoms with Gasteiger partial charge in [-0.2, -0.15) is 0 Å². The quantitative estimate of drug-likeness (QED) is 0.733. The molecule has 120 valence electrons. The zero-order chi connectivity index (χ0) is 14.9. The largest absolute Gasteiger partial charge is 0.465 e. The van der Waals surface area contributed by atoms with Gasteiger partial charge in [-0.05, 0) is 75.7 Å². The summed E-state index contributed by atoms with van der Waals surface area (Å²) in [5, 5.41) is 3.59. The fourth-order valence-electron chi connectivity index (χ4n) is 5.63. The Bertz CT molecular complexity index is 350. The van der Waals surface area contributed by atoms with E-state index in [-0.39, 0.29) is 5.97 Å². The molecule has 1 unspecified atom stereocenters. The van der Waals surface area contributed by atoms with Gasteiger partial charge in [0.2, 0.25) is 0 Å². The van der Waals surface area contributed by atoms with Crippen molar-refractivity contribution in [3.05, 3.63) is 0 Å². The zero-order valence-corrected chi connectivity index (χ0v) is 14.2. The summed E-state index contributed by atoms with van der Waals surface area (Å²) < 4.78 is 5.03. The first kappa shape index (κ1) is 15.7. The first-order valence-corrected chi connectivity index (χ1v) is 9.71. The van der Waals surface area contributed by atoms with Gasteiger partial charge in [0.25, 0.3) is 0 Å². The summed E-state index contributed by atoms with van der Waals surface area (Å²) in [6.07, 6.45) is 8.74. The zero-order valence-electron chi connectivity index (χ0n) is 13.4. The molecule has 0 heterocycles. The van der Waals surface area contributed by atoms with Crippen molar-refractivity contribution >= 4 is 17.7 Å². The Labute approximate surface area is 133 Å². The smallest absolute Gasteiger partial charge is 0.315 e. The third-order valence-electron chi connectivity index (χ3n) is 5.98. The van der Waals surface area contributed by atoms with E-state index in [4.69, 9.17) is 4.74 Å². The monoisotopic (exact) mass is 311 g/mol. The van der Waals surface area contributed by atoms with Crippen LogP contribution in [0.4, 0.5) is 0 Å². The summed E-state index contributed by atoms with van der Waals surface area (Å²) >= 11 is 1.75. The Kier molecular flexibility index (Phi) is 4.84. The van der Waals surface area contributed by atoms with Crippen LogP contribution in [-0.2, 0) is 9.53 Å². The molecule has 0 aromatic heterocycles. The Balaban J connectivity index is 1.57. The van der Waals surface area contributed by atoms with Crippen molar-refractivity contribution in [1.29, 1.82) is 0 Å². The molecule has 1 atom stereocenters. The van der Waals surface area contributed by atoms with Crippen molar-refractivity contribution in [3.8, 4) is 0 Å². The van der Waals surface area contributed by atoms with Crippen molar-refractivity contribution in [2.45, 2.75) is 51.5 Å². The molecule has 4 aliphatic carbocycles. The molecule has 3 nitrogen and oxygen atoms in total. The van der Waals surface area contributed by atoms with Crippen molar-refractivity contribution in [2.75, 3.05) is 25.2 Å². The fourth-order valence-corrected chi connectivity index (χ4v) is 6.76. The third kappa shape index (κ3) is 3.26. The molecular weight excluding hydrogens is 282 g/mol. The molecule has 4 heteroatoms. The van der Waals surface area contributed by atoms with E-state index in [9.17, 15) is 4.79 Å². The topological polar surface area (TPSA) is 38.3 Å². The second-order valence-electron chi connectivity index (χ2n) is 7.44. The molecule has 1 N–H and O–H groups in total. The molecule has 0 radical (unpaired) electrons. The van der Waals surface area contributed by atoms with Crippen LogP contribution in [0, 0.1) is 23.2 Å². The fraction of sp³-hybridized carbons (Fsp3) is 0.941. The molecule has 4 fully saturated rings. The Hall–Kier alpha value is -0.220. The molecule has 4 saturated carbocycles. The highest BCUT2D eigenvalue weighted by molar-refractivity contribution is 7.99. The lowest BCUT2D eigenvalue weighted by Crippen LogP contribution is -2.56. The Morgan fingerprint density at radius 1 is 1.24 bits per heavy atom. The minimum absolute atomic E-state index is 0.0668. The van der Waals surface area contributed by atoms with Crippen LogP contribution in [0.1, 0.15) is 45.4 Å². The second kappa shape index (κ2) is 6.49. The van der Waals surface area contributed by atoms with Gasteiger partial charge >= 0.3 is 5.97 Å². The second-order valence-corrected chi connectivity index (χ2v) is 8.47. The van der Waals surface area contributed by atoms with Gasteiger partial charge in [0.05, 0.1) is 12.4 Å². The van der Waals surface area contributed by atoms with Gasteiger partial charge in [-0.25, -0.2) is 0 Å². The number of hydrogen-bond acceptors (Lipinski definition) is 4. The predicted octanol–water partition coefficient (Wildman–Crippen LogP) is 3.09. The van der Waals surface area contributed by atoms with Crippen LogP contribution in [0.2, 0.25) is 0 Å². The van der Waals surface area contributed by atoms with Crippen LogP contribution < -0.4 is 5.32 Å². The number of hydrogen-bond donors (Lipinski definition) is 1. The number of esters is 1. The van der Waals surface area contributed by atoms with E-state index in [0.29, 0.717) is 23.8 Å². The first-order chi connectivity index (χ1) is 10.1. The molecule has 0 spiro atoms. The van der Waals surface area contributed by atoms with Crippen molar-refractivity contribution in [2.24, 2.45) is 23.2 Å². The van der Waals surface area contributed by atoms with Gasteiger partial charge in [-0.1, -0.05) is 0 Å².